The van der Waals surface area contributed by atoms with Gasteiger partial charge in [0.15, 0.2) is 0 Å². The Bertz CT molecular complexity index is 350. The maximum absolute atomic E-state index is 10.9. The van der Waals surface area contributed by atoms with E-state index in [1.807, 2.05) is 27.7 Å². The van der Waals surface area contributed by atoms with Gasteiger partial charge in [0.25, 0.3) is 0 Å². The van der Waals surface area contributed by atoms with E-state index in [-0.39, 0.29) is 11.6 Å². The van der Waals surface area contributed by atoms with E-state index in [0.29, 0.717) is 12.1 Å². The highest BCUT2D eigenvalue weighted by Crippen LogP contribution is 2.36. The number of hydroxylamine groups is 2. The molecular formula is C13H25N3O2. The molecule has 1 heterocycles. The predicted molar refractivity (Wildman–Crippen MR) is 71.1 cm³/mol. The van der Waals surface area contributed by atoms with Crippen LogP contribution in [0.4, 0.5) is 0 Å². The number of nitrogens with two attached hydrogens (primary N) is 1. The molecule has 104 valence electrons. The molecule has 1 rings (SSSR count). The maximum atomic E-state index is 10.9. The fourth-order valence-electron chi connectivity index (χ4n) is 2.57. The lowest BCUT2D eigenvalue weighted by atomic mass is 9.78. The first-order chi connectivity index (χ1) is 8.09. The van der Waals surface area contributed by atoms with Gasteiger partial charge in [-0.1, -0.05) is 6.58 Å². The molecule has 1 amide bonds. The first-order valence-electron chi connectivity index (χ1n) is 6.29. The third-order valence-corrected chi connectivity index (χ3v) is 3.93. The Balaban J connectivity index is 2.68. The molecule has 1 fully saturated rings. The summed E-state index contributed by atoms with van der Waals surface area (Å²) in [5.74, 6) is -0.489. The molecule has 0 aromatic heterocycles. The number of hydrogen-bond acceptors (Lipinski definition) is 4. The molecule has 5 heteroatoms. The van der Waals surface area contributed by atoms with E-state index < -0.39 is 11.4 Å². The SMILES string of the molecule is C=C(CNC1CCC(C)(C)N(O)C1(C)C)C(N)=O. The van der Waals surface area contributed by atoms with Crippen molar-refractivity contribution in [3.63, 3.8) is 0 Å². The summed E-state index contributed by atoms with van der Waals surface area (Å²) in [6, 6.07) is 0.0895. The largest absolute Gasteiger partial charge is 0.366 e. The smallest absolute Gasteiger partial charge is 0.245 e. The number of nitrogens with zero attached hydrogens (tertiary/aromatic N) is 1. The molecule has 0 aromatic carbocycles. The van der Waals surface area contributed by atoms with E-state index >= 15 is 0 Å². The fraction of sp³-hybridized carbons (Fsp3) is 0.769. The van der Waals surface area contributed by atoms with Crippen LogP contribution in [-0.4, -0.2) is 39.8 Å². The minimum absolute atomic E-state index is 0.0895. The molecule has 1 aliphatic heterocycles. The molecule has 0 aromatic rings. The highest BCUT2D eigenvalue weighted by Gasteiger charge is 2.46. The summed E-state index contributed by atoms with van der Waals surface area (Å²) in [6.07, 6.45) is 1.82. The molecule has 18 heavy (non-hydrogen) atoms. The van der Waals surface area contributed by atoms with Gasteiger partial charge in [0.05, 0.1) is 5.54 Å². The van der Waals surface area contributed by atoms with E-state index in [1.54, 1.807) is 0 Å². The summed E-state index contributed by atoms with van der Waals surface area (Å²) in [6.45, 7) is 12.0. The average molecular weight is 255 g/mol. The number of piperidine rings is 1. The lowest BCUT2D eigenvalue weighted by Crippen LogP contribution is -2.66. The van der Waals surface area contributed by atoms with Crippen LogP contribution in [0.15, 0.2) is 12.2 Å². The minimum atomic E-state index is -0.489. The first kappa shape index (κ1) is 15.1. The molecule has 0 saturated carbocycles. The third kappa shape index (κ3) is 2.91. The van der Waals surface area contributed by atoms with Gasteiger partial charge in [-0.05, 0) is 40.5 Å². The van der Waals surface area contributed by atoms with Crippen LogP contribution in [0.1, 0.15) is 40.5 Å². The van der Waals surface area contributed by atoms with Crippen molar-refractivity contribution in [2.45, 2.75) is 57.7 Å². The van der Waals surface area contributed by atoms with Crippen molar-refractivity contribution in [1.82, 2.24) is 10.4 Å². The van der Waals surface area contributed by atoms with Crippen molar-refractivity contribution in [3.05, 3.63) is 12.2 Å². The van der Waals surface area contributed by atoms with Crippen LogP contribution in [0.2, 0.25) is 0 Å². The van der Waals surface area contributed by atoms with Gasteiger partial charge < -0.3 is 16.3 Å². The van der Waals surface area contributed by atoms with E-state index in [0.717, 1.165) is 12.8 Å². The predicted octanol–water partition coefficient (Wildman–Crippen LogP) is 1.03. The Morgan fingerprint density at radius 1 is 1.50 bits per heavy atom. The number of amides is 1. The van der Waals surface area contributed by atoms with Crippen molar-refractivity contribution < 1.29 is 10.0 Å². The maximum Gasteiger partial charge on any atom is 0.245 e. The Morgan fingerprint density at radius 2 is 2.06 bits per heavy atom. The Kier molecular flexibility index (Phi) is 4.20. The topological polar surface area (TPSA) is 78.6 Å². The van der Waals surface area contributed by atoms with Crippen LogP contribution >= 0.6 is 0 Å². The number of hydrogen-bond donors (Lipinski definition) is 3. The van der Waals surface area contributed by atoms with Crippen molar-refractivity contribution >= 4 is 5.91 Å². The number of primary amides is 1. The summed E-state index contributed by atoms with van der Waals surface area (Å²) in [4.78, 5) is 10.9. The summed E-state index contributed by atoms with van der Waals surface area (Å²) in [5, 5.41) is 15.0. The van der Waals surface area contributed by atoms with Gasteiger partial charge >= 0.3 is 0 Å². The Morgan fingerprint density at radius 3 is 2.56 bits per heavy atom. The second kappa shape index (κ2) is 4.99. The van der Waals surface area contributed by atoms with Crippen LogP contribution in [0.25, 0.3) is 0 Å². The standard InChI is InChI=1S/C13H25N3O2/c1-9(11(14)17)8-15-10-6-7-12(2,3)16(18)13(10,4)5/h10,15,18H,1,6-8H2,2-5H3,(H2,14,17). The zero-order chi connectivity index (χ0) is 14.1. The molecule has 0 bridgehead atoms. The second-order valence-electron chi connectivity index (χ2n) is 6.22. The quantitative estimate of drug-likeness (QED) is 0.656. The number of rotatable bonds is 4. The number of carbonyl (C=O) groups is 1. The summed E-state index contributed by atoms with van der Waals surface area (Å²) in [5.41, 5.74) is 4.88. The number of nitrogens with one attached hydrogen (secondary N) is 1. The third-order valence-electron chi connectivity index (χ3n) is 3.93. The monoisotopic (exact) mass is 255 g/mol. The second-order valence-corrected chi connectivity index (χ2v) is 6.22. The van der Waals surface area contributed by atoms with Gasteiger partial charge in [0, 0.05) is 23.7 Å². The van der Waals surface area contributed by atoms with E-state index in [4.69, 9.17) is 5.73 Å². The van der Waals surface area contributed by atoms with Crippen molar-refractivity contribution in [2.24, 2.45) is 5.73 Å². The van der Waals surface area contributed by atoms with Crippen molar-refractivity contribution in [2.75, 3.05) is 6.54 Å². The van der Waals surface area contributed by atoms with Gasteiger partial charge in [-0.15, -0.1) is 0 Å². The normalized spacial score (nSPS) is 26.8. The van der Waals surface area contributed by atoms with Gasteiger partial charge in [-0.2, -0.15) is 5.06 Å². The van der Waals surface area contributed by atoms with E-state index in [9.17, 15) is 10.0 Å². The van der Waals surface area contributed by atoms with Crippen LogP contribution in [-0.2, 0) is 4.79 Å². The highest BCUT2D eigenvalue weighted by atomic mass is 16.5. The molecule has 0 spiro atoms. The molecule has 5 nitrogen and oxygen atoms in total. The van der Waals surface area contributed by atoms with E-state index in [1.165, 1.54) is 5.06 Å². The van der Waals surface area contributed by atoms with Crippen LogP contribution < -0.4 is 11.1 Å². The van der Waals surface area contributed by atoms with Gasteiger partial charge in [0.1, 0.15) is 0 Å². The molecule has 0 radical (unpaired) electrons. The van der Waals surface area contributed by atoms with Gasteiger partial charge in [0.2, 0.25) is 5.91 Å². The molecule has 1 atom stereocenters. The van der Waals surface area contributed by atoms with Crippen molar-refractivity contribution in [1.29, 1.82) is 0 Å². The minimum Gasteiger partial charge on any atom is -0.366 e. The number of carbonyl (C=O) groups excluding carboxylic acids is 1. The van der Waals surface area contributed by atoms with E-state index in [2.05, 4.69) is 11.9 Å². The molecule has 1 aliphatic rings. The molecular weight excluding hydrogens is 230 g/mol. The van der Waals surface area contributed by atoms with Crippen molar-refractivity contribution in [3.8, 4) is 0 Å². The molecule has 4 N–H and O–H groups in total. The van der Waals surface area contributed by atoms with Crippen LogP contribution in [0, 0.1) is 0 Å². The molecule has 1 saturated heterocycles. The van der Waals surface area contributed by atoms with Gasteiger partial charge in [-0.25, -0.2) is 0 Å². The zero-order valence-electron chi connectivity index (χ0n) is 11.8. The molecule has 1 unspecified atom stereocenters. The zero-order valence-corrected chi connectivity index (χ0v) is 11.8. The average Bonchev–Trinajstić information content (AvgIpc) is 2.25. The Labute approximate surface area is 109 Å². The summed E-state index contributed by atoms with van der Waals surface area (Å²) >= 11 is 0. The highest BCUT2D eigenvalue weighted by molar-refractivity contribution is 5.91. The van der Waals surface area contributed by atoms with Crippen LogP contribution in [0.5, 0.6) is 0 Å². The lowest BCUT2D eigenvalue weighted by molar-refractivity contribution is -0.249. The lowest BCUT2D eigenvalue weighted by Gasteiger charge is -2.53. The summed E-state index contributed by atoms with van der Waals surface area (Å²) in [7, 11) is 0. The molecule has 0 aliphatic carbocycles. The Hall–Kier alpha value is -0.910. The fourth-order valence-corrected chi connectivity index (χ4v) is 2.57. The van der Waals surface area contributed by atoms with Gasteiger partial charge in [-0.3, -0.25) is 4.79 Å². The van der Waals surface area contributed by atoms with Crippen LogP contribution in [0.3, 0.4) is 0 Å². The summed E-state index contributed by atoms with van der Waals surface area (Å²) < 4.78 is 0. The first-order valence-corrected chi connectivity index (χ1v) is 6.29.